The molecule has 8 nitrogen and oxygen atoms in total. The molecule has 1 aliphatic heterocycles. The Kier molecular flexibility index (Phi) is 5.08. The lowest BCUT2D eigenvalue weighted by Gasteiger charge is -2.09. The average molecular weight is 447 g/mol. The summed E-state index contributed by atoms with van der Waals surface area (Å²) in [5, 5.41) is 5.81. The Morgan fingerprint density at radius 3 is 2.66 bits per heavy atom. The van der Waals surface area contributed by atoms with Crippen molar-refractivity contribution in [3.8, 4) is 28.7 Å². The second-order valence-corrected chi connectivity index (χ2v) is 7.31. The minimum atomic E-state index is -0.356. The van der Waals surface area contributed by atoms with Crippen LogP contribution in [0.15, 0.2) is 65.1 Å². The summed E-state index contributed by atoms with van der Waals surface area (Å²) in [7, 11) is 1.62. The van der Waals surface area contributed by atoms with E-state index >= 15 is 0 Å². The molecule has 9 heteroatoms. The number of carbonyl (C=O) groups is 1. The number of anilines is 1. The number of oxazole rings is 1. The van der Waals surface area contributed by atoms with Crippen molar-refractivity contribution in [3.05, 3.63) is 66.2 Å². The Bertz CT molecular complexity index is 1330. The summed E-state index contributed by atoms with van der Waals surface area (Å²) in [5.41, 5.74) is 3.21. The molecular formula is C23H17N3O5S. The molecule has 0 saturated heterocycles. The van der Waals surface area contributed by atoms with Crippen LogP contribution in [0.3, 0.4) is 0 Å². The Morgan fingerprint density at radius 1 is 1.03 bits per heavy atom. The van der Waals surface area contributed by atoms with Crippen LogP contribution in [0.25, 0.3) is 22.6 Å². The first-order chi connectivity index (χ1) is 15.6. The van der Waals surface area contributed by atoms with Crippen LogP contribution in [-0.4, -0.2) is 29.9 Å². The van der Waals surface area contributed by atoms with Gasteiger partial charge in [0.1, 0.15) is 11.3 Å². The van der Waals surface area contributed by atoms with E-state index in [9.17, 15) is 4.79 Å². The molecule has 3 aromatic carbocycles. The molecular weight excluding hydrogens is 430 g/mol. The van der Waals surface area contributed by atoms with Crippen LogP contribution in [0.5, 0.6) is 17.2 Å². The molecule has 0 fully saturated rings. The van der Waals surface area contributed by atoms with E-state index in [1.807, 2.05) is 24.3 Å². The van der Waals surface area contributed by atoms with Gasteiger partial charge in [-0.15, -0.1) is 0 Å². The highest BCUT2D eigenvalue weighted by Crippen LogP contribution is 2.32. The third-order valence-electron chi connectivity index (χ3n) is 4.84. The molecule has 160 valence electrons. The normalized spacial score (nSPS) is 11.9. The number of methoxy groups -OCH3 is 1. The van der Waals surface area contributed by atoms with Gasteiger partial charge in [0, 0.05) is 16.8 Å². The van der Waals surface area contributed by atoms with Crippen molar-refractivity contribution < 1.29 is 23.4 Å². The second-order valence-electron chi connectivity index (χ2n) is 6.91. The zero-order valence-corrected chi connectivity index (χ0v) is 17.7. The highest BCUT2D eigenvalue weighted by Gasteiger charge is 2.17. The maximum absolute atomic E-state index is 12.5. The molecule has 1 aromatic heterocycles. The van der Waals surface area contributed by atoms with Gasteiger partial charge in [0.2, 0.25) is 12.7 Å². The van der Waals surface area contributed by atoms with E-state index in [2.05, 4.69) is 15.6 Å². The summed E-state index contributed by atoms with van der Waals surface area (Å²) < 4.78 is 21.6. The molecule has 0 radical (unpaired) electrons. The predicted octanol–water partition coefficient (Wildman–Crippen LogP) is 4.36. The standard InChI is InChI=1S/C23H17N3O5S/c1-28-16-6-2-13(3-7-16)22-25-17-11-15(5-9-18(17)31-22)24-23(32)26-21(27)14-4-8-19-20(10-14)30-12-29-19/h2-11H,12H2,1H3,(H2,24,26,27,32). The lowest BCUT2D eigenvalue weighted by molar-refractivity contribution is 0.0977. The Morgan fingerprint density at radius 2 is 1.84 bits per heavy atom. The number of hydrogen-bond donors (Lipinski definition) is 2. The van der Waals surface area contributed by atoms with E-state index in [1.54, 1.807) is 43.5 Å². The minimum absolute atomic E-state index is 0.144. The lowest BCUT2D eigenvalue weighted by Crippen LogP contribution is -2.34. The molecule has 32 heavy (non-hydrogen) atoms. The molecule has 2 N–H and O–H groups in total. The summed E-state index contributed by atoms with van der Waals surface area (Å²) in [5.74, 6) is 2.04. The molecule has 0 spiro atoms. The van der Waals surface area contributed by atoms with Crippen LogP contribution in [0.4, 0.5) is 5.69 Å². The van der Waals surface area contributed by atoms with Crippen molar-refractivity contribution in [2.45, 2.75) is 0 Å². The number of fused-ring (bicyclic) bond motifs is 2. The molecule has 0 saturated carbocycles. The van der Waals surface area contributed by atoms with Gasteiger partial charge in [0.15, 0.2) is 22.2 Å². The van der Waals surface area contributed by atoms with Crippen molar-refractivity contribution in [3.63, 3.8) is 0 Å². The smallest absolute Gasteiger partial charge is 0.257 e. The molecule has 1 aliphatic rings. The first-order valence-electron chi connectivity index (χ1n) is 9.66. The Labute approximate surface area is 188 Å². The molecule has 5 rings (SSSR count). The fourth-order valence-electron chi connectivity index (χ4n) is 3.24. The van der Waals surface area contributed by atoms with Crippen molar-refractivity contribution >= 4 is 40.0 Å². The zero-order valence-electron chi connectivity index (χ0n) is 16.9. The van der Waals surface area contributed by atoms with Gasteiger partial charge in [0.05, 0.1) is 7.11 Å². The van der Waals surface area contributed by atoms with Gasteiger partial charge in [-0.05, 0) is 72.9 Å². The average Bonchev–Trinajstić information content (AvgIpc) is 3.45. The highest BCUT2D eigenvalue weighted by atomic mass is 32.1. The van der Waals surface area contributed by atoms with Gasteiger partial charge in [-0.25, -0.2) is 4.98 Å². The maximum atomic E-state index is 12.5. The maximum Gasteiger partial charge on any atom is 0.257 e. The number of benzene rings is 3. The number of amides is 1. The highest BCUT2D eigenvalue weighted by molar-refractivity contribution is 7.80. The topological polar surface area (TPSA) is 94.9 Å². The fourth-order valence-corrected chi connectivity index (χ4v) is 3.45. The van der Waals surface area contributed by atoms with Crippen LogP contribution in [0, 0.1) is 0 Å². The summed E-state index contributed by atoms with van der Waals surface area (Å²) >= 11 is 5.29. The van der Waals surface area contributed by atoms with Crippen LogP contribution in [0.2, 0.25) is 0 Å². The summed E-state index contributed by atoms with van der Waals surface area (Å²) in [6, 6.07) is 17.8. The summed E-state index contributed by atoms with van der Waals surface area (Å²) in [6.07, 6.45) is 0. The van der Waals surface area contributed by atoms with Crippen molar-refractivity contribution in [2.75, 3.05) is 19.2 Å². The van der Waals surface area contributed by atoms with Gasteiger partial charge < -0.3 is 23.9 Å². The molecule has 2 heterocycles. The Hall–Kier alpha value is -4.11. The molecule has 1 amide bonds. The van der Waals surface area contributed by atoms with E-state index in [-0.39, 0.29) is 17.8 Å². The second kappa shape index (κ2) is 8.20. The van der Waals surface area contributed by atoms with Gasteiger partial charge in [-0.2, -0.15) is 0 Å². The van der Waals surface area contributed by atoms with Crippen LogP contribution < -0.4 is 24.8 Å². The van der Waals surface area contributed by atoms with Crippen LogP contribution in [-0.2, 0) is 0 Å². The quantitative estimate of drug-likeness (QED) is 0.446. The third-order valence-corrected chi connectivity index (χ3v) is 5.05. The zero-order chi connectivity index (χ0) is 22.1. The van der Waals surface area contributed by atoms with Gasteiger partial charge >= 0.3 is 0 Å². The van der Waals surface area contributed by atoms with Crippen molar-refractivity contribution in [1.82, 2.24) is 10.3 Å². The fraction of sp³-hybridized carbons (Fsp3) is 0.0870. The molecule has 4 aromatic rings. The van der Waals surface area contributed by atoms with Crippen molar-refractivity contribution in [2.24, 2.45) is 0 Å². The number of ether oxygens (including phenoxy) is 3. The van der Waals surface area contributed by atoms with E-state index in [0.717, 1.165) is 11.3 Å². The van der Waals surface area contributed by atoms with E-state index in [1.165, 1.54) is 0 Å². The van der Waals surface area contributed by atoms with Gasteiger partial charge in [-0.1, -0.05) is 0 Å². The largest absolute Gasteiger partial charge is 0.497 e. The number of aromatic nitrogens is 1. The summed E-state index contributed by atoms with van der Waals surface area (Å²) in [4.78, 5) is 17.0. The SMILES string of the molecule is COc1ccc(-c2nc3cc(NC(=S)NC(=O)c4ccc5c(c4)OCO5)ccc3o2)cc1. The van der Waals surface area contributed by atoms with E-state index < -0.39 is 0 Å². The third kappa shape index (κ3) is 3.93. The Balaban J connectivity index is 1.28. The van der Waals surface area contributed by atoms with Crippen molar-refractivity contribution in [1.29, 1.82) is 0 Å². The number of hydrogen-bond acceptors (Lipinski definition) is 7. The number of carbonyl (C=O) groups excluding carboxylic acids is 1. The first-order valence-corrected chi connectivity index (χ1v) is 10.1. The molecule has 0 aliphatic carbocycles. The minimum Gasteiger partial charge on any atom is -0.497 e. The number of rotatable bonds is 4. The molecule has 0 atom stereocenters. The monoisotopic (exact) mass is 447 g/mol. The van der Waals surface area contributed by atoms with Crippen LogP contribution >= 0.6 is 12.2 Å². The van der Waals surface area contributed by atoms with Gasteiger partial charge in [-0.3, -0.25) is 10.1 Å². The van der Waals surface area contributed by atoms with Gasteiger partial charge in [0.25, 0.3) is 5.91 Å². The first kappa shape index (κ1) is 19.8. The van der Waals surface area contributed by atoms with E-state index in [0.29, 0.717) is 39.7 Å². The van der Waals surface area contributed by atoms with E-state index in [4.69, 9.17) is 30.8 Å². The number of nitrogens with one attached hydrogen (secondary N) is 2. The predicted molar refractivity (Wildman–Crippen MR) is 122 cm³/mol. The van der Waals surface area contributed by atoms with Crippen LogP contribution in [0.1, 0.15) is 10.4 Å². The molecule has 0 unspecified atom stereocenters. The summed E-state index contributed by atoms with van der Waals surface area (Å²) in [6.45, 7) is 0.144. The number of thiocarbonyl (C=S) groups is 1. The molecule has 0 bridgehead atoms. The number of nitrogens with zero attached hydrogens (tertiary/aromatic N) is 1. The lowest BCUT2D eigenvalue weighted by atomic mass is 10.2.